The predicted molar refractivity (Wildman–Crippen MR) is 148 cm³/mol. The molecule has 0 saturated carbocycles. The first-order valence-corrected chi connectivity index (χ1v) is 14.8. The number of urea groups is 1. The quantitative estimate of drug-likeness (QED) is 0.0499. The van der Waals surface area contributed by atoms with Crippen LogP contribution in [0.4, 0.5) is 9.93 Å². The van der Waals surface area contributed by atoms with E-state index in [9.17, 15) is 52.5 Å². The number of hydrazine groups is 1. The molecule has 5 amide bonds. The summed E-state index contributed by atoms with van der Waals surface area (Å²) in [6.07, 6.45) is 0.830. The average Bonchev–Trinajstić information content (AvgIpc) is 3.56. The van der Waals surface area contributed by atoms with E-state index in [1.54, 1.807) is 0 Å². The number of carboxylic acid groups (broad SMARTS) is 1. The molecule has 6 N–H and O–H groups in total. The van der Waals surface area contributed by atoms with Gasteiger partial charge in [0, 0.05) is 17.6 Å². The molecule has 1 atom stereocenters. The maximum Gasteiger partial charge on any atom is 1.00 e. The molecule has 4 rings (SSSR count). The molecular weight excluding hydrogens is 706 g/mol. The van der Waals surface area contributed by atoms with Crippen LogP contribution in [0.25, 0.3) is 0 Å². The van der Waals surface area contributed by atoms with Gasteiger partial charge in [0.2, 0.25) is 5.43 Å². The first kappa shape index (κ1) is 40.4. The zero-order valence-corrected chi connectivity index (χ0v) is 31.1. The molecule has 0 bridgehead atoms. The summed E-state index contributed by atoms with van der Waals surface area (Å²) in [5, 5.41) is 40.7. The van der Waals surface area contributed by atoms with E-state index in [-0.39, 0.29) is 86.5 Å². The van der Waals surface area contributed by atoms with Crippen molar-refractivity contribution in [2.24, 2.45) is 9.55 Å². The Hall–Kier alpha value is -3.78. The summed E-state index contributed by atoms with van der Waals surface area (Å²) >= 11 is 0.912. The van der Waals surface area contributed by atoms with Crippen molar-refractivity contribution < 1.29 is 112 Å². The number of carbonyl (C=O) groups is 5. The molecule has 2 saturated heterocycles. The summed E-state index contributed by atoms with van der Waals surface area (Å²) < 4.78 is 28.5. The molecule has 4 heterocycles. The van der Waals surface area contributed by atoms with Gasteiger partial charge < -0.3 is 45.9 Å². The van der Waals surface area contributed by atoms with Crippen molar-refractivity contribution in [3.63, 3.8) is 0 Å². The molecule has 2 aliphatic rings. The Kier molecular flexibility index (Phi) is 13.1. The number of thiazole rings is 1. The number of likely N-dealkylation sites (tertiary alicyclic amines) is 1. The van der Waals surface area contributed by atoms with Crippen LogP contribution in [0.2, 0.25) is 0 Å². The number of nitrogens with zero attached hydrogens (tertiary/aromatic N) is 6. The van der Waals surface area contributed by atoms with Gasteiger partial charge in [0.1, 0.15) is 17.4 Å². The summed E-state index contributed by atoms with van der Waals surface area (Å²) in [6.45, 7) is 0.693. The van der Waals surface area contributed by atoms with Crippen molar-refractivity contribution in [3.05, 3.63) is 39.3 Å². The van der Waals surface area contributed by atoms with E-state index in [2.05, 4.69) is 30.3 Å². The maximum absolute atomic E-state index is 12.9. The van der Waals surface area contributed by atoms with Crippen LogP contribution in [0.15, 0.2) is 32.0 Å². The first-order valence-electron chi connectivity index (χ1n) is 12.6. The molecule has 2 aromatic heterocycles. The van der Waals surface area contributed by atoms with E-state index < -0.39 is 87.6 Å². The topological polar surface area (TPSA) is 325 Å². The zero-order valence-electron chi connectivity index (χ0n) is 25.4. The predicted octanol–water partition coefficient (Wildman–Crippen LogP) is -11.3. The van der Waals surface area contributed by atoms with Gasteiger partial charge in [-0.3, -0.25) is 24.6 Å². The van der Waals surface area contributed by atoms with Crippen LogP contribution < -0.4 is 91.2 Å². The number of H-pyrrole nitrogens is 1. The van der Waals surface area contributed by atoms with E-state index in [4.69, 9.17) is 10.6 Å². The second-order valence-corrected chi connectivity index (χ2v) is 12.2. The van der Waals surface area contributed by atoms with Gasteiger partial charge in [0.25, 0.3) is 17.7 Å². The summed E-state index contributed by atoms with van der Waals surface area (Å²) in [7, 11) is -5.03. The number of aromatic hydroxyl groups is 1. The van der Waals surface area contributed by atoms with Gasteiger partial charge in [-0.1, -0.05) is 5.16 Å². The minimum Gasteiger partial charge on any atom is -0.845 e. The third-order valence-electron chi connectivity index (χ3n) is 6.12. The smallest absolute Gasteiger partial charge is 0.845 e. The minimum atomic E-state index is -5.03. The second-order valence-electron chi connectivity index (χ2n) is 9.77. The number of amides is 5. The van der Waals surface area contributed by atoms with Crippen molar-refractivity contribution in [2.75, 3.05) is 25.4 Å². The first-order chi connectivity index (χ1) is 21.4. The number of oxime groups is 1. The Morgan fingerprint density at radius 1 is 1.21 bits per heavy atom. The third-order valence-corrected chi connectivity index (χ3v) is 8.07. The standard InChI is InChI=1S/C22H24N10O12S2.2Na/c1-22(2,18(38)39)44-28-14(11-8-45-19(23)26-11)16(36)25-10-7-30(17(10)37)20(40)29-46(42,43)32-4-3-31(21(32)41)27-15(35)9-5-12(33)13(34)6-24-9;;/h5-6,8,10,34H,3-4,7H2,1-2H3,(H2,23,26)(H,24,33)(H,25,36)(H,27,35)(H,29,40)(H,38,39);;/q;2*+1/p-2/b28-14-;;. The number of anilines is 1. The minimum absolute atomic E-state index is 0. The number of aliphatic carboxylic acids is 1. The molecule has 0 radical (unpaired) electrons. The monoisotopic (exact) mass is 728 g/mol. The van der Waals surface area contributed by atoms with E-state index in [1.165, 1.54) is 5.38 Å². The Balaban J connectivity index is 0.00000400. The Bertz CT molecular complexity index is 1860. The number of β-lactam (4-membered cyclic amide) rings is 1. The number of nitrogen functional groups attached to an aromatic ring is 1. The molecule has 246 valence electrons. The van der Waals surface area contributed by atoms with Crippen LogP contribution in [0, 0.1) is 0 Å². The maximum atomic E-state index is 12.9. The van der Waals surface area contributed by atoms with E-state index in [1.807, 2.05) is 0 Å². The number of aromatic amines is 1. The van der Waals surface area contributed by atoms with E-state index in [0.717, 1.165) is 37.4 Å². The molecular formula is C22H22N10Na2O12S2. The molecule has 0 aliphatic carbocycles. The van der Waals surface area contributed by atoms with Crippen LogP contribution in [0.3, 0.4) is 0 Å². The second kappa shape index (κ2) is 15.6. The number of carboxylic acids is 1. The number of rotatable bonds is 10. The van der Waals surface area contributed by atoms with Crippen molar-refractivity contribution in [2.45, 2.75) is 25.5 Å². The molecule has 0 aromatic carbocycles. The van der Waals surface area contributed by atoms with Crippen molar-refractivity contribution in [1.29, 1.82) is 0 Å². The van der Waals surface area contributed by atoms with Gasteiger partial charge in [0.05, 0.1) is 31.6 Å². The fourth-order valence-corrected chi connectivity index (χ4v) is 5.09. The molecule has 1 unspecified atom stereocenters. The van der Waals surface area contributed by atoms with E-state index in [0.29, 0.717) is 9.91 Å². The number of nitrogens with one attached hydrogen (secondary N) is 3. The number of pyridine rings is 1. The van der Waals surface area contributed by atoms with Gasteiger partial charge >= 0.3 is 75.4 Å². The number of carbonyl (C=O) groups excluding carboxylic acids is 5. The molecule has 2 aliphatic heterocycles. The van der Waals surface area contributed by atoms with Crippen LogP contribution in [-0.2, 0) is 29.4 Å². The largest absolute Gasteiger partial charge is 1.00 e. The Morgan fingerprint density at radius 3 is 2.44 bits per heavy atom. The Morgan fingerprint density at radius 2 is 1.88 bits per heavy atom. The molecule has 22 nitrogen and oxygen atoms in total. The van der Waals surface area contributed by atoms with Crippen molar-refractivity contribution >= 4 is 68.1 Å². The van der Waals surface area contributed by atoms with Gasteiger partial charge in [-0.25, -0.2) is 14.8 Å². The Labute approximate surface area is 317 Å². The molecule has 2 fully saturated rings. The van der Waals surface area contributed by atoms with Crippen molar-refractivity contribution in [3.8, 4) is 5.75 Å². The fraction of sp³-hybridized carbons (Fsp3) is 0.318. The summed E-state index contributed by atoms with van der Waals surface area (Å²) in [4.78, 5) is 84.6. The number of hydrogen-bond acceptors (Lipinski definition) is 16. The van der Waals surface area contributed by atoms with Gasteiger partial charge in [-0.2, -0.15) is 12.7 Å². The normalized spacial score (nSPS) is 16.8. The molecule has 26 heteroatoms. The zero-order chi connectivity index (χ0) is 34.1. The number of hydrogen-bond donors (Lipinski definition) is 5. The van der Waals surface area contributed by atoms with Crippen LogP contribution in [-0.4, -0.2) is 110 Å². The van der Waals surface area contributed by atoms with Gasteiger partial charge in [-0.05, 0) is 13.8 Å². The van der Waals surface area contributed by atoms with Crippen LogP contribution >= 0.6 is 11.3 Å². The third kappa shape index (κ3) is 8.81. The van der Waals surface area contributed by atoms with Gasteiger partial charge in [0.15, 0.2) is 22.2 Å². The molecule has 2 aromatic rings. The van der Waals surface area contributed by atoms with Crippen LogP contribution in [0.5, 0.6) is 5.75 Å². The van der Waals surface area contributed by atoms with Crippen molar-refractivity contribution in [1.82, 2.24) is 34.9 Å². The fourth-order valence-electron chi connectivity index (χ4n) is 3.54. The average molecular weight is 729 g/mol. The van der Waals surface area contributed by atoms with E-state index >= 15 is 0 Å². The molecule has 48 heavy (non-hydrogen) atoms. The number of aromatic nitrogens is 2. The SMILES string of the molecule is CC(C)(O/N=C(\C(=O)NC1CN(C([O-])=NS(=O)(=O)N2CCN(NC(=O)c3cc(=O)c(O)c[nH]3)C2=O)C1=O)c1csc(N)n1)C(=O)[O-].[Na+].[Na+]. The number of nitrogens with two attached hydrogens (primary N) is 1. The summed E-state index contributed by atoms with van der Waals surface area (Å²) in [5.74, 6) is -5.53. The number of amidine groups is 1. The van der Waals surface area contributed by atoms with Crippen LogP contribution in [0.1, 0.15) is 30.0 Å². The molecule has 0 spiro atoms. The van der Waals surface area contributed by atoms with Gasteiger partial charge in [-0.15, -0.1) is 15.7 Å². The summed E-state index contributed by atoms with van der Waals surface area (Å²) in [6, 6.07) is -3.55. The summed E-state index contributed by atoms with van der Waals surface area (Å²) in [5.41, 5.74) is 3.70.